The van der Waals surface area contributed by atoms with Gasteiger partial charge in [-0.2, -0.15) is 0 Å². The summed E-state index contributed by atoms with van der Waals surface area (Å²) in [7, 11) is -3.48. The Labute approximate surface area is 81.0 Å². The van der Waals surface area contributed by atoms with E-state index in [4.69, 9.17) is 15.1 Å². The highest BCUT2D eigenvalue weighted by Gasteiger charge is 2.29. The van der Waals surface area contributed by atoms with E-state index in [9.17, 15) is 14.2 Å². The summed E-state index contributed by atoms with van der Waals surface area (Å²) >= 11 is 0. The zero-order valence-corrected chi connectivity index (χ0v) is 8.61. The van der Waals surface area contributed by atoms with Crippen LogP contribution in [0.15, 0.2) is 0 Å². The van der Waals surface area contributed by atoms with Crippen LogP contribution in [0, 0.1) is 5.92 Å². The average Bonchev–Trinajstić information content (AvgIpc) is 2.02. The molecular weight excluding hydrogens is 211 g/mol. The molecule has 0 bridgehead atoms. The monoisotopic (exact) mass is 224 g/mol. The molecule has 2 unspecified atom stereocenters. The highest BCUT2D eigenvalue weighted by molar-refractivity contribution is 7.58. The van der Waals surface area contributed by atoms with E-state index in [0.717, 1.165) is 0 Å². The molecule has 0 heterocycles. The Morgan fingerprint density at radius 2 is 1.86 bits per heavy atom. The molecule has 3 N–H and O–H groups in total. The van der Waals surface area contributed by atoms with Gasteiger partial charge in [0.25, 0.3) is 0 Å². The van der Waals surface area contributed by atoms with Crippen LogP contribution in [0.4, 0.5) is 0 Å². The van der Waals surface area contributed by atoms with Gasteiger partial charge in [0.15, 0.2) is 0 Å². The lowest BCUT2D eigenvalue weighted by molar-refractivity contribution is -0.147. The van der Waals surface area contributed by atoms with Gasteiger partial charge in [-0.1, -0.05) is 6.92 Å². The number of hydrogen-bond acceptors (Lipinski definition) is 3. The highest BCUT2D eigenvalue weighted by Crippen LogP contribution is 2.42. The first-order chi connectivity index (χ1) is 6.28. The van der Waals surface area contributed by atoms with Crippen LogP contribution >= 0.6 is 7.37 Å². The zero-order valence-electron chi connectivity index (χ0n) is 7.71. The van der Waals surface area contributed by atoms with Crippen LogP contribution in [0.25, 0.3) is 0 Å². The summed E-state index contributed by atoms with van der Waals surface area (Å²) in [6, 6.07) is 0. The second kappa shape index (κ2) is 5.12. The van der Waals surface area contributed by atoms with Gasteiger partial charge in [-0.15, -0.1) is 0 Å². The van der Waals surface area contributed by atoms with Gasteiger partial charge < -0.3 is 15.1 Å². The van der Waals surface area contributed by atoms with Crippen LogP contribution in [0.5, 0.6) is 0 Å². The van der Waals surface area contributed by atoms with E-state index in [1.54, 1.807) is 0 Å². The molecule has 0 fully saturated rings. The summed E-state index contributed by atoms with van der Waals surface area (Å²) in [6.45, 7) is 1.46. The van der Waals surface area contributed by atoms with E-state index in [0.29, 0.717) is 0 Å². The van der Waals surface area contributed by atoms with Crippen molar-refractivity contribution < 1.29 is 29.3 Å². The topological polar surface area (TPSA) is 112 Å². The maximum absolute atomic E-state index is 11.2. The minimum Gasteiger partial charge on any atom is -0.481 e. The number of hydrogen-bond donors (Lipinski definition) is 3. The predicted molar refractivity (Wildman–Crippen MR) is 48.6 cm³/mol. The first-order valence-electron chi connectivity index (χ1n) is 4.04. The summed E-state index contributed by atoms with van der Waals surface area (Å²) in [5.74, 6) is -3.92. The number of carbonyl (C=O) groups is 2. The first-order valence-corrected chi connectivity index (χ1v) is 6.07. The molecule has 7 heteroatoms. The second-order valence-corrected chi connectivity index (χ2v) is 5.67. The van der Waals surface area contributed by atoms with Crippen molar-refractivity contribution in [1.29, 1.82) is 0 Å². The maximum Gasteiger partial charge on any atom is 0.307 e. The van der Waals surface area contributed by atoms with Crippen molar-refractivity contribution in [2.24, 2.45) is 5.92 Å². The molecule has 6 nitrogen and oxygen atoms in total. The number of carboxylic acid groups (broad SMARTS) is 2. The summed E-state index contributed by atoms with van der Waals surface area (Å²) in [5, 5.41) is 17.0. The van der Waals surface area contributed by atoms with Crippen LogP contribution in [-0.4, -0.2) is 39.4 Å². The van der Waals surface area contributed by atoms with E-state index >= 15 is 0 Å². The maximum atomic E-state index is 11.2. The lowest BCUT2D eigenvalue weighted by Gasteiger charge is -2.13. The molecule has 0 aromatic heterocycles. The largest absolute Gasteiger partial charge is 0.481 e. The lowest BCUT2D eigenvalue weighted by atomic mass is 10.1. The zero-order chi connectivity index (χ0) is 11.4. The molecule has 0 amide bonds. The SMILES string of the molecule is CCP(=O)(O)CC(CC(=O)O)C(=O)O. The Hall–Kier alpha value is -0.870. The molecule has 0 aromatic rings. The quantitative estimate of drug-likeness (QED) is 0.565. The molecule has 0 aliphatic rings. The molecule has 0 aliphatic heterocycles. The molecule has 0 radical (unpaired) electrons. The molecule has 0 spiro atoms. The van der Waals surface area contributed by atoms with E-state index in [-0.39, 0.29) is 6.16 Å². The Morgan fingerprint density at radius 3 is 2.14 bits per heavy atom. The Kier molecular flexibility index (Phi) is 4.80. The Balaban J connectivity index is 4.46. The van der Waals surface area contributed by atoms with Crippen LogP contribution in [0.1, 0.15) is 13.3 Å². The third-order valence-electron chi connectivity index (χ3n) is 1.77. The van der Waals surface area contributed by atoms with Crippen molar-refractivity contribution >= 4 is 19.3 Å². The van der Waals surface area contributed by atoms with E-state index in [1.165, 1.54) is 6.92 Å². The van der Waals surface area contributed by atoms with Crippen molar-refractivity contribution in [3.8, 4) is 0 Å². The summed E-state index contributed by atoms with van der Waals surface area (Å²) in [4.78, 5) is 29.9. The van der Waals surface area contributed by atoms with Crippen LogP contribution < -0.4 is 0 Å². The van der Waals surface area contributed by atoms with Gasteiger partial charge in [-0.05, 0) is 0 Å². The third kappa shape index (κ3) is 4.99. The van der Waals surface area contributed by atoms with Gasteiger partial charge in [0.2, 0.25) is 7.37 Å². The Bertz CT molecular complexity index is 273. The summed E-state index contributed by atoms with van der Waals surface area (Å²) in [6.07, 6.45) is -1.15. The fourth-order valence-electron chi connectivity index (χ4n) is 0.914. The van der Waals surface area contributed by atoms with Gasteiger partial charge in [-0.3, -0.25) is 14.2 Å². The number of rotatable bonds is 6. The number of carboxylic acids is 2. The molecule has 0 saturated carbocycles. The molecule has 0 rings (SSSR count). The van der Waals surface area contributed by atoms with Crippen molar-refractivity contribution in [2.75, 3.05) is 12.3 Å². The minimum absolute atomic E-state index is 0.0452. The van der Waals surface area contributed by atoms with Gasteiger partial charge >= 0.3 is 11.9 Å². The normalized spacial score (nSPS) is 17.0. The fourth-order valence-corrected chi connectivity index (χ4v) is 2.15. The molecule has 2 atom stereocenters. The van der Waals surface area contributed by atoms with E-state index in [2.05, 4.69) is 0 Å². The molecule has 82 valence electrons. The lowest BCUT2D eigenvalue weighted by Crippen LogP contribution is -2.21. The molecule has 0 aromatic carbocycles. The van der Waals surface area contributed by atoms with Gasteiger partial charge in [0.05, 0.1) is 12.3 Å². The fraction of sp³-hybridized carbons (Fsp3) is 0.714. The van der Waals surface area contributed by atoms with Crippen molar-refractivity contribution in [2.45, 2.75) is 13.3 Å². The van der Waals surface area contributed by atoms with Crippen molar-refractivity contribution in [3.63, 3.8) is 0 Å². The molecular formula is C7H13O6P. The highest BCUT2D eigenvalue weighted by atomic mass is 31.2. The summed E-state index contributed by atoms with van der Waals surface area (Å²) in [5.41, 5.74) is 0. The van der Waals surface area contributed by atoms with Gasteiger partial charge in [-0.25, -0.2) is 0 Å². The van der Waals surface area contributed by atoms with Crippen LogP contribution in [-0.2, 0) is 14.2 Å². The van der Waals surface area contributed by atoms with Crippen LogP contribution in [0.3, 0.4) is 0 Å². The number of aliphatic carboxylic acids is 2. The first kappa shape index (κ1) is 13.1. The van der Waals surface area contributed by atoms with Gasteiger partial charge in [0.1, 0.15) is 0 Å². The van der Waals surface area contributed by atoms with E-state index in [1.807, 2.05) is 0 Å². The summed E-state index contributed by atoms with van der Waals surface area (Å²) < 4.78 is 11.2. The van der Waals surface area contributed by atoms with Crippen LogP contribution in [0.2, 0.25) is 0 Å². The van der Waals surface area contributed by atoms with Gasteiger partial charge in [0, 0.05) is 12.3 Å². The van der Waals surface area contributed by atoms with Crippen molar-refractivity contribution in [1.82, 2.24) is 0 Å². The second-order valence-electron chi connectivity index (χ2n) is 2.98. The Morgan fingerprint density at radius 1 is 1.36 bits per heavy atom. The molecule has 0 saturated heterocycles. The molecule has 0 aliphatic carbocycles. The average molecular weight is 224 g/mol. The smallest absolute Gasteiger partial charge is 0.307 e. The third-order valence-corrected chi connectivity index (χ3v) is 3.77. The van der Waals surface area contributed by atoms with E-state index < -0.39 is 37.8 Å². The molecule has 14 heavy (non-hydrogen) atoms. The minimum atomic E-state index is -3.48. The predicted octanol–water partition coefficient (Wildman–Crippen LogP) is 0.452. The van der Waals surface area contributed by atoms with Crippen molar-refractivity contribution in [3.05, 3.63) is 0 Å². The standard InChI is InChI=1S/C7H13O6P/c1-2-14(12,13)4-5(7(10)11)3-6(8)9/h5H,2-4H2,1H3,(H,8,9)(H,10,11)(H,12,13).